The van der Waals surface area contributed by atoms with E-state index < -0.39 is 21.1 Å². The lowest BCUT2D eigenvalue weighted by Gasteiger charge is -2.30. The number of anilines is 1. The summed E-state index contributed by atoms with van der Waals surface area (Å²) in [5, 5.41) is 22.7. The third-order valence-corrected chi connectivity index (χ3v) is 8.09. The van der Waals surface area contributed by atoms with Crippen LogP contribution in [0.3, 0.4) is 0 Å². The molecule has 0 heterocycles. The minimum Gasteiger partial charge on any atom is -0.390 e. The van der Waals surface area contributed by atoms with Gasteiger partial charge in [0, 0.05) is 31.8 Å². The SMILES string of the molecule is Cc1ccc(S(=O)(=O)N(C[C@@H](O)CN(Cc2ccccc2)Cc2ccccc2)c2cccc([N+](=O)[O-])c2)cc1. The first kappa shape index (κ1) is 28.0. The van der Waals surface area contributed by atoms with Crippen molar-refractivity contribution in [2.75, 3.05) is 17.4 Å². The van der Waals surface area contributed by atoms with Gasteiger partial charge in [0.05, 0.1) is 28.2 Å². The highest BCUT2D eigenvalue weighted by Crippen LogP contribution is 2.28. The van der Waals surface area contributed by atoms with E-state index in [0.717, 1.165) is 21.0 Å². The molecule has 4 rings (SSSR count). The number of nitro groups is 1. The quantitative estimate of drug-likeness (QED) is 0.195. The van der Waals surface area contributed by atoms with Crippen molar-refractivity contribution in [1.29, 1.82) is 0 Å². The van der Waals surface area contributed by atoms with Gasteiger partial charge in [-0.1, -0.05) is 84.4 Å². The smallest absolute Gasteiger partial charge is 0.271 e. The third-order valence-electron chi connectivity index (χ3n) is 6.28. The summed E-state index contributed by atoms with van der Waals surface area (Å²) in [4.78, 5) is 13.0. The average Bonchev–Trinajstić information content (AvgIpc) is 2.93. The van der Waals surface area contributed by atoms with E-state index in [4.69, 9.17) is 0 Å². The molecule has 0 amide bonds. The normalized spacial score (nSPS) is 12.3. The van der Waals surface area contributed by atoms with E-state index in [2.05, 4.69) is 4.90 Å². The number of benzene rings is 4. The summed E-state index contributed by atoms with van der Waals surface area (Å²) in [6.07, 6.45) is -1.09. The molecule has 1 atom stereocenters. The van der Waals surface area contributed by atoms with Gasteiger partial charge in [0.25, 0.3) is 15.7 Å². The van der Waals surface area contributed by atoms with E-state index in [-0.39, 0.29) is 29.4 Å². The van der Waals surface area contributed by atoms with Crippen LogP contribution in [-0.4, -0.2) is 42.5 Å². The highest BCUT2D eigenvalue weighted by molar-refractivity contribution is 7.92. The fraction of sp³-hybridized carbons (Fsp3) is 0.200. The Balaban J connectivity index is 1.63. The average molecular weight is 546 g/mol. The number of nitro benzene ring substituents is 1. The zero-order valence-corrected chi connectivity index (χ0v) is 22.4. The number of aryl methyl sites for hydroxylation is 1. The number of aliphatic hydroxyl groups is 1. The second-order valence-electron chi connectivity index (χ2n) is 9.42. The highest BCUT2D eigenvalue weighted by atomic mass is 32.2. The molecular formula is C30H31N3O5S. The summed E-state index contributed by atoms with van der Waals surface area (Å²) in [7, 11) is -4.13. The zero-order valence-electron chi connectivity index (χ0n) is 21.6. The summed E-state index contributed by atoms with van der Waals surface area (Å²) in [5.41, 5.74) is 2.89. The van der Waals surface area contributed by atoms with Crippen LogP contribution in [-0.2, 0) is 23.1 Å². The van der Waals surface area contributed by atoms with Gasteiger partial charge < -0.3 is 5.11 Å². The van der Waals surface area contributed by atoms with Crippen LogP contribution < -0.4 is 4.31 Å². The molecule has 0 aliphatic rings. The first-order chi connectivity index (χ1) is 18.7. The molecule has 9 heteroatoms. The molecule has 4 aromatic rings. The molecule has 0 bridgehead atoms. The van der Waals surface area contributed by atoms with Crippen LogP contribution >= 0.6 is 0 Å². The Morgan fingerprint density at radius 3 is 1.90 bits per heavy atom. The van der Waals surface area contributed by atoms with E-state index in [9.17, 15) is 23.6 Å². The number of sulfonamides is 1. The van der Waals surface area contributed by atoms with Gasteiger partial charge in [0.15, 0.2) is 0 Å². The summed E-state index contributed by atoms with van der Waals surface area (Å²) >= 11 is 0. The van der Waals surface area contributed by atoms with Gasteiger partial charge in [-0.3, -0.25) is 19.3 Å². The molecule has 0 unspecified atom stereocenters. The number of hydrogen-bond acceptors (Lipinski definition) is 6. The number of non-ortho nitro benzene ring substituents is 1. The second kappa shape index (κ2) is 12.7. The first-order valence-corrected chi connectivity index (χ1v) is 14.0. The van der Waals surface area contributed by atoms with Crippen molar-refractivity contribution in [1.82, 2.24) is 4.90 Å². The molecule has 0 saturated heterocycles. The van der Waals surface area contributed by atoms with E-state index in [1.54, 1.807) is 12.1 Å². The van der Waals surface area contributed by atoms with Gasteiger partial charge in [-0.15, -0.1) is 0 Å². The molecule has 0 saturated carbocycles. The number of nitrogens with zero attached hydrogens (tertiary/aromatic N) is 3. The maximum atomic E-state index is 13.8. The van der Waals surface area contributed by atoms with Gasteiger partial charge in [0.1, 0.15) is 0 Å². The van der Waals surface area contributed by atoms with Crippen molar-refractivity contribution >= 4 is 21.4 Å². The lowest BCUT2D eigenvalue weighted by Crippen LogP contribution is -2.42. The maximum absolute atomic E-state index is 13.8. The van der Waals surface area contributed by atoms with E-state index in [0.29, 0.717) is 13.1 Å². The minimum atomic E-state index is -4.13. The zero-order chi connectivity index (χ0) is 27.8. The van der Waals surface area contributed by atoms with Crippen molar-refractivity contribution in [2.24, 2.45) is 0 Å². The van der Waals surface area contributed by atoms with Gasteiger partial charge in [-0.25, -0.2) is 8.42 Å². The Morgan fingerprint density at radius 1 is 0.795 bits per heavy atom. The molecule has 1 N–H and O–H groups in total. The number of hydrogen-bond donors (Lipinski definition) is 1. The summed E-state index contributed by atoms with van der Waals surface area (Å²) in [5.74, 6) is 0. The van der Waals surface area contributed by atoms with Crippen LogP contribution in [0.25, 0.3) is 0 Å². The standard InChI is InChI=1S/C30H31N3O5S/c1-24-15-17-30(18-16-24)39(37,38)32(27-13-8-14-28(19-27)33(35)36)23-29(34)22-31(20-25-9-4-2-5-10-25)21-26-11-6-3-7-12-26/h2-19,29,34H,20-23H2,1H3/t29-/m0/s1. The molecule has 0 aliphatic heterocycles. The van der Waals surface area contributed by atoms with E-state index in [1.807, 2.05) is 67.6 Å². The van der Waals surface area contributed by atoms with Crippen LogP contribution in [0.4, 0.5) is 11.4 Å². The summed E-state index contributed by atoms with van der Waals surface area (Å²) < 4.78 is 28.6. The fourth-order valence-corrected chi connectivity index (χ4v) is 5.85. The fourth-order valence-electron chi connectivity index (χ4n) is 4.36. The lowest BCUT2D eigenvalue weighted by atomic mass is 10.1. The summed E-state index contributed by atoms with van der Waals surface area (Å²) in [6, 6.07) is 31.5. The van der Waals surface area contributed by atoms with Crippen LogP contribution in [0.1, 0.15) is 16.7 Å². The van der Waals surface area contributed by atoms with E-state index in [1.165, 1.54) is 36.4 Å². The Hall–Kier alpha value is -4.05. The Morgan fingerprint density at radius 2 is 1.36 bits per heavy atom. The Bertz CT molecular complexity index is 1440. The molecule has 8 nitrogen and oxygen atoms in total. The molecule has 0 aliphatic carbocycles. The van der Waals surface area contributed by atoms with Crippen molar-refractivity contribution in [3.63, 3.8) is 0 Å². The first-order valence-electron chi connectivity index (χ1n) is 12.5. The molecule has 0 spiro atoms. The molecule has 0 fully saturated rings. The molecule has 39 heavy (non-hydrogen) atoms. The molecule has 0 aromatic heterocycles. The molecule has 4 aromatic carbocycles. The van der Waals surface area contributed by atoms with Gasteiger partial charge in [-0.2, -0.15) is 0 Å². The monoisotopic (exact) mass is 545 g/mol. The number of aliphatic hydroxyl groups excluding tert-OH is 1. The van der Waals surface area contributed by atoms with Crippen LogP contribution in [0.2, 0.25) is 0 Å². The maximum Gasteiger partial charge on any atom is 0.271 e. The van der Waals surface area contributed by atoms with Crippen molar-refractivity contribution < 1.29 is 18.4 Å². The molecule has 0 radical (unpaired) electrons. The predicted molar refractivity (Wildman–Crippen MR) is 152 cm³/mol. The van der Waals surface area contributed by atoms with Crippen molar-refractivity contribution in [3.05, 3.63) is 136 Å². The molecule has 202 valence electrons. The third kappa shape index (κ3) is 7.51. The van der Waals surface area contributed by atoms with Crippen molar-refractivity contribution in [3.8, 4) is 0 Å². The second-order valence-corrected chi connectivity index (χ2v) is 11.3. The summed E-state index contributed by atoms with van der Waals surface area (Å²) in [6.45, 7) is 2.85. The van der Waals surface area contributed by atoms with Crippen LogP contribution in [0.5, 0.6) is 0 Å². The highest BCUT2D eigenvalue weighted by Gasteiger charge is 2.29. The topological polar surface area (TPSA) is 104 Å². The van der Waals surface area contributed by atoms with Crippen molar-refractivity contribution in [2.45, 2.75) is 31.0 Å². The minimum absolute atomic E-state index is 0.0391. The van der Waals surface area contributed by atoms with Gasteiger partial charge >= 0.3 is 0 Å². The number of rotatable bonds is 12. The van der Waals surface area contributed by atoms with Gasteiger partial charge in [-0.05, 0) is 36.2 Å². The van der Waals surface area contributed by atoms with Crippen LogP contribution in [0.15, 0.2) is 114 Å². The van der Waals surface area contributed by atoms with E-state index >= 15 is 0 Å². The largest absolute Gasteiger partial charge is 0.390 e. The molecular weight excluding hydrogens is 514 g/mol. The lowest BCUT2D eigenvalue weighted by molar-refractivity contribution is -0.384. The predicted octanol–water partition coefficient (Wildman–Crippen LogP) is 5.16. The van der Waals surface area contributed by atoms with Crippen LogP contribution in [0, 0.1) is 17.0 Å². The Kier molecular flexibility index (Phi) is 9.08. The van der Waals surface area contributed by atoms with Gasteiger partial charge in [0.2, 0.25) is 0 Å². The Labute approximate surface area is 229 Å².